The molecule has 3 aliphatic rings. The van der Waals surface area contributed by atoms with Gasteiger partial charge in [0, 0.05) is 42.8 Å². The van der Waals surface area contributed by atoms with E-state index >= 15 is 8.78 Å². The first-order valence-electron chi connectivity index (χ1n) is 16.7. The van der Waals surface area contributed by atoms with Crippen LogP contribution in [0.3, 0.4) is 0 Å². The van der Waals surface area contributed by atoms with Gasteiger partial charge in [0.15, 0.2) is 12.6 Å². The summed E-state index contributed by atoms with van der Waals surface area (Å²) in [5.41, 5.74) is -1.01. The second-order valence-electron chi connectivity index (χ2n) is 14.3. The number of nitrogens with zero attached hydrogens (tertiary/aromatic N) is 5. The standard InChI is InChI=1S/C37H39F2N5O6/c1-6-25-28(38)10-7-21-13-24(49-20-47-5)14-26(29(21)25)31-30(39)32-27(15-40-31)33(42-34(41-32)48-19-37(18-45)11-12-37)43-16-22-8-9-23(17-43)44(22)35(46)50-36(2,3)4/h1,7,10,13-15,22-23,45H,8-9,11-12,16-20H2,2-5H3. The molecule has 2 aromatic carbocycles. The Balaban J connectivity index is 1.35. The molecule has 2 aromatic heterocycles. The first-order valence-corrected chi connectivity index (χ1v) is 16.7. The number of anilines is 1. The van der Waals surface area contributed by atoms with Gasteiger partial charge in [-0.2, -0.15) is 9.97 Å². The number of hydrogen-bond acceptors (Lipinski definition) is 10. The molecule has 262 valence electrons. The maximum absolute atomic E-state index is 17.0. The molecule has 3 fully saturated rings. The van der Waals surface area contributed by atoms with Crippen LogP contribution in [-0.2, 0) is 9.47 Å². The van der Waals surface area contributed by atoms with Crippen molar-refractivity contribution >= 4 is 33.6 Å². The molecule has 1 amide bonds. The van der Waals surface area contributed by atoms with E-state index < -0.39 is 17.2 Å². The van der Waals surface area contributed by atoms with Crippen LogP contribution >= 0.6 is 0 Å². The van der Waals surface area contributed by atoms with Gasteiger partial charge < -0.3 is 29.0 Å². The SMILES string of the molecule is C#Cc1c(F)ccc2cc(OCOC)cc(-c3ncc4c(N5CC6CCC(C5)N6C(=O)OC(C)(C)C)nc(OCC5(CO)CC5)nc4c3F)c12. The van der Waals surface area contributed by atoms with Crippen LogP contribution in [0, 0.1) is 29.4 Å². The molecule has 2 aliphatic heterocycles. The fourth-order valence-electron chi connectivity index (χ4n) is 6.90. The maximum atomic E-state index is 17.0. The van der Waals surface area contributed by atoms with E-state index in [2.05, 4.69) is 15.9 Å². The van der Waals surface area contributed by atoms with E-state index in [0.29, 0.717) is 40.8 Å². The van der Waals surface area contributed by atoms with Gasteiger partial charge in [0.25, 0.3) is 0 Å². The maximum Gasteiger partial charge on any atom is 0.410 e. The second kappa shape index (κ2) is 12.8. The molecule has 1 saturated carbocycles. The predicted molar refractivity (Wildman–Crippen MR) is 182 cm³/mol. The summed E-state index contributed by atoms with van der Waals surface area (Å²) in [4.78, 5) is 30.8. The van der Waals surface area contributed by atoms with Gasteiger partial charge in [-0.05, 0) is 70.0 Å². The van der Waals surface area contributed by atoms with Gasteiger partial charge in [-0.15, -0.1) is 6.42 Å². The second-order valence-corrected chi connectivity index (χ2v) is 14.3. The molecule has 1 aliphatic carbocycles. The molecule has 2 atom stereocenters. The van der Waals surface area contributed by atoms with Gasteiger partial charge in [-0.25, -0.2) is 13.6 Å². The Bertz CT molecular complexity index is 2010. The molecule has 7 rings (SSSR count). The van der Waals surface area contributed by atoms with Crippen molar-refractivity contribution < 1.29 is 37.6 Å². The van der Waals surface area contributed by atoms with E-state index in [1.54, 1.807) is 18.2 Å². The molecule has 0 spiro atoms. The number of rotatable bonds is 9. The highest BCUT2D eigenvalue weighted by Crippen LogP contribution is 2.46. The molecule has 13 heteroatoms. The lowest BCUT2D eigenvalue weighted by Crippen LogP contribution is -2.57. The van der Waals surface area contributed by atoms with Gasteiger partial charge in [-0.3, -0.25) is 9.88 Å². The molecular weight excluding hydrogens is 648 g/mol. The highest BCUT2D eigenvalue weighted by Gasteiger charge is 2.46. The van der Waals surface area contributed by atoms with E-state index in [-0.39, 0.29) is 71.9 Å². The van der Waals surface area contributed by atoms with Gasteiger partial charge in [0.05, 0.1) is 36.2 Å². The number of piperazine rings is 1. The Kier molecular flexibility index (Phi) is 8.64. The van der Waals surface area contributed by atoms with Gasteiger partial charge in [-0.1, -0.05) is 12.0 Å². The van der Waals surface area contributed by atoms with Crippen molar-refractivity contribution in [3.8, 4) is 35.4 Å². The minimum Gasteiger partial charge on any atom is -0.468 e. The largest absolute Gasteiger partial charge is 0.468 e. The van der Waals surface area contributed by atoms with Gasteiger partial charge in [0.2, 0.25) is 0 Å². The third-order valence-electron chi connectivity index (χ3n) is 9.61. The van der Waals surface area contributed by atoms with Crippen LogP contribution in [0.1, 0.15) is 52.0 Å². The topological polar surface area (TPSA) is 119 Å². The van der Waals surface area contributed by atoms with Crippen molar-refractivity contribution in [1.82, 2.24) is 19.9 Å². The number of fused-ring (bicyclic) bond motifs is 4. The monoisotopic (exact) mass is 687 g/mol. The molecule has 1 N–H and O–H groups in total. The molecule has 0 radical (unpaired) electrons. The lowest BCUT2D eigenvalue weighted by atomic mass is 9.95. The lowest BCUT2D eigenvalue weighted by molar-refractivity contribution is 0.0122. The third-order valence-corrected chi connectivity index (χ3v) is 9.61. The molecule has 4 heterocycles. The van der Waals surface area contributed by atoms with Crippen molar-refractivity contribution in [2.45, 2.75) is 64.1 Å². The van der Waals surface area contributed by atoms with Gasteiger partial charge >= 0.3 is 12.1 Å². The van der Waals surface area contributed by atoms with Crippen LogP contribution in [-0.4, -0.2) is 88.9 Å². The number of carbonyl (C=O) groups excluding carboxylic acids is 1. The Labute approximate surface area is 288 Å². The van der Waals surface area contributed by atoms with E-state index in [0.717, 1.165) is 25.7 Å². The molecule has 2 bridgehead atoms. The number of amides is 1. The number of hydrogen-bond donors (Lipinski definition) is 1. The Morgan fingerprint density at radius 3 is 2.50 bits per heavy atom. The van der Waals surface area contributed by atoms with Crippen molar-refractivity contribution in [3.63, 3.8) is 0 Å². The van der Waals surface area contributed by atoms with Crippen molar-refractivity contribution in [2.75, 3.05) is 45.1 Å². The summed E-state index contributed by atoms with van der Waals surface area (Å²) in [5, 5.41) is 11.1. The summed E-state index contributed by atoms with van der Waals surface area (Å²) in [5.74, 6) is 1.74. The number of halogens is 2. The van der Waals surface area contributed by atoms with Crippen molar-refractivity contribution in [3.05, 3.63) is 47.7 Å². The summed E-state index contributed by atoms with van der Waals surface area (Å²) in [6.45, 7) is 6.42. The quantitative estimate of drug-likeness (QED) is 0.170. The number of terminal acetylenes is 1. The highest BCUT2D eigenvalue weighted by atomic mass is 19.1. The van der Waals surface area contributed by atoms with Crippen LogP contribution in [0.2, 0.25) is 0 Å². The zero-order chi connectivity index (χ0) is 35.4. The number of methoxy groups -OCH3 is 1. The summed E-state index contributed by atoms with van der Waals surface area (Å²) in [6.07, 6.45) is 10.1. The predicted octanol–water partition coefficient (Wildman–Crippen LogP) is 5.83. The molecule has 50 heavy (non-hydrogen) atoms. The minimum atomic E-state index is -0.785. The fraction of sp³-hybridized carbons (Fsp3) is 0.459. The average molecular weight is 688 g/mol. The van der Waals surface area contributed by atoms with Crippen molar-refractivity contribution in [1.29, 1.82) is 0 Å². The molecule has 2 saturated heterocycles. The molecule has 4 aromatic rings. The Morgan fingerprint density at radius 2 is 1.86 bits per heavy atom. The van der Waals surface area contributed by atoms with E-state index in [1.807, 2.05) is 30.6 Å². The third kappa shape index (κ3) is 6.22. The van der Waals surface area contributed by atoms with E-state index in [4.69, 9.17) is 30.4 Å². The van der Waals surface area contributed by atoms with Crippen LogP contribution in [0.4, 0.5) is 19.4 Å². The minimum absolute atomic E-state index is 0.0402. The van der Waals surface area contributed by atoms with Gasteiger partial charge in [0.1, 0.15) is 34.2 Å². The summed E-state index contributed by atoms with van der Waals surface area (Å²) >= 11 is 0. The van der Waals surface area contributed by atoms with Crippen LogP contribution in [0.25, 0.3) is 32.9 Å². The first kappa shape index (κ1) is 33.7. The zero-order valence-corrected chi connectivity index (χ0v) is 28.5. The van der Waals surface area contributed by atoms with E-state index in [9.17, 15) is 9.90 Å². The number of aromatic nitrogens is 3. The lowest BCUT2D eigenvalue weighted by Gasteiger charge is -2.42. The molecular formula is C37H39F2N5O6. The van der Waals surface area contributed by atoms with Crippen molar-refractivity contribution in [2.24, 2.45) is 5.41 Å². The zero-order valence-electron chi connectivity index (χ0n) is 28.5. The number of pyridine rings is 1. The Hall–Kier alpha value is -4.80. The smallest absolute Gasteiger partial charge is 0.410 e. The fourth-order valence-corrected chi connectivity index (χ4v) is 6.90. The summed E-state index contributed by atoms with van der Waals surface area (Å²) in [6, 6.07) is 5.68. The summed E-state index contributed by atoms with van der Waals surface area (Å²) < 4.78 is 54.6. The van der Waals surface area contributed by atoms with Crippen LogP contribution in [0.5, 0.6) is 11.8 Å². The van der Waals surface area contributed by atoms with Crippen LogP contribution in [0.15, 0.2) is 30.5 Å². The number of aliphatic hydroxyl groups is 1. The number of benzene rings is 2. The normalized spacial score (nSPS) is 19.5. The summed E-state index contributed by atoms with van der Waals surface area (Å²) in [7, 11) is 1.48. The number of ether oxygens (including phenoxy) is 4. The average Bonchev–Trinajstić information content (AvgIpc) is 3.82. The van der Waals surface area contributed by atoms with E-state index in [1.165, 1.54) is 19.4 Å². The number of aliphatic hydroxyl groups excluding tert-OH is 1. The molecule has 2 unspecified atom stereocenters. The molecule has 11 nitrogen and oxygen atoms in total. The number of carbonyl (C=O) groups is 1. The van der Waals surface area contributed by atoms with Crippen LogP contribution < -0.4 is 14.4 Å². The first-order chi connectivity index (χ1) is 23.9. The highest BCUT2D eigenvalue weighted by molar-refractivity contribution is 6.03. The Morgan fingerprint density at radius 1 is 1.12 bits per heavy atom.